The van der Waals surface area contributed by atoms with Gasteiger partial charge < -0.3 is 15.0 Å². The van der Waals surface area contributed by atoms with E-state index in [1.807, 2.05) is 0 Å². The fourth-order valence-corrected chi connectivity index (χ4v) is 3.72. The van der Waals surface area contributed by atoms with Gasteiger partial charge in [0, 0.05) is 34.0 Å². The number of para-hydroxylation sites is 2. The van der Waals surface area contributed by atoms with Crippen molar-refractivity contribution in [3.05, 3.63) is 77.9 Å². The zero-order valence-electron chi connectivity index (χ0n) is 15.2. The van der Waals surface area contributed by atoms with Gasteiger partial charge in [0.05, 0.1) is 12.6 Å². The van der Waals surface area contributed by atoms with Crippen molar-refractivity contribution < 1.29 is 5.11 Å². The van der Waals surface area contributed by atoms with Crippen molar-refractivity contribution in [1.29, 1.82) is 0 Å². The fraction of sp³-hybridized carbons (Fsp3) is 0.217. The number of fused-ring (bicyclic) bond motifs is 3. The largest absolute Gasteiger partial charge is 0.389 e. The summed E-state index contributed by atoms with van der Waals surface area (Å²) in [4.78, 5) is 0. The van der Waals surface area contributed by atoms with Crippen LogP contribution in [0, 0.1) is 13.8 Å². The van der Waals surface area contributed by atoms with E-state index in [0.717, 1.165) is 5.69 Å². The van der Waals surface area contributed by atoms with Crippen LogP contribution in [0.4, 0.5) is 5.69 Å². The molecule has 3 nitrogen and oxygen atoms in total. The van der Waals surface area contributed by atoms with E-state index in [1.54, 1.807) is 0 Å². The van der Waals surface area contributed by atoms with Gasteiger partial charge in [0.25, 0.3) is 0 Å². The topological polar surface area (TPSA) is 37.2 Å². The first-order chi connectivity index (χ1) is 12.6. The van der Waals surface area contributed by atoms with Crippen LogP contribution in [0.3, 0.4) is 0 Å². The third-order valence-electron chi connectivity index (χ3n) is 4.98. The molecule has 1 atom stereocenters. The van der Waals surface area contributed by atoms with E-state index in [1.165, 1.54) is 32.9 Å². The maximum absolute atomic E-state index is 10.7. The Hall–Kier alpha value is -2.78. The van der Waals surface area contributed by atoms with Gasteiger partial charge in [0.1, 0.15) is 0 Å². The lowest BCUT2D eigenvalue weighted by molar-refractivity contribution is 0.169. The van der Waals surface area contributed by atoms with E-state index in [2.05, 4.69) is 90.5 Å². The van der Waals surface area contributed by atoms with Gasteiger partial charge in [-0.3, -0.25) is 0 Å². The molecular formula is C23H24N2O. The number of nitrogens with zero attached hydrogens (tertiary/aromatic N) is 1. The van der Waals surface area contributed by atoms with E-state index in [-0.39, 0.29) is 0 Å². The first-order valence-corrected chi connectivity index (χ1v) is 9.08. The van der Waals surface area contributed by atoms with E-state index >= 15 is 0 Å². The molecule has 0 spiro atoms. The van der Waals surface area contributed by atoms with Crippen molar-refractivity contribution in [2.24, 2.45) is 0 Å². The lowest BCUT2D eigenvalue weighted by Gasteiger charge is -2.17. The summed E-state index contributed by atoms with van der Waals surface area (Å²) in [6, 6.07) is 23.1. The Morgan fingerprint density at radius 1 is 0.885 bits per heavy atom. The molecule has 0 fully saturated rings. The molecule has 4 rings (SSSR count). The number of aliphatic hydroxyl groups excluding tert-OH is 1. The monoisotopic (exact) mass is 344 g/mol. The smallest absolute Gasteiger partial charge is 0.0891 e. The summed E-state index contributed by atoms with van der Waals surface area (Å²) >= 11 is 0. The van der Waals surface area contributed by atoms with Gasteiger partial charge in [-0.25, -0.2) is 0 Å². The van der Waals surface area contributed by atoms with Gasteiger partial charge in [-0.1, -0.05) is 54.1 Å². The van der Waals surface area contributed by atoms with Crippen molar-refractivity contribution >= 4 is 27.5 Å². The number of aromatic nitrogens is 1. The first-order valence-electron chi connectivity index (χ1n) is 9.08. The Labute approximate surface area is 153 Å². The van der Waals surface area contributed by atoms with Gasteiger partial charge in [-0.2, -0.15) is 0 Å². The molecule has 1 aromatic heterocycles. The molecule has 2 N–H and O–H groups in total. The van der Waals surface area contributed by atoms with Crippen LogP contribution in [0.25, 0.3) is 21.8 Å². The second-order valence-corrected chi connectivity index (χ2v) is 7.00. The molecule has 0 saturated carbocycles. The van der Waals surface area contributed by atoms with Gasteiger partial charge in [-0.05, 0) is 37.6 Å². The molecule has 132 valence electrons. The average molecular weight is 344 g/mol. The maximum atomic E-state index is 10.7. The van der Waals surface area contributed by atoms with Crippen LogP contribution < -0.4 is 5.32 Å². The molecule has 0 saturated heterocycles. The van der Waals surface area contributed by atoms with Crippen LogP contribution in [0.1, 0.15) is 11.1 Å². The molecule has 0 aliphatic rings. The minimum absolute atomic E-state index is 0.477. The highest BCUT2D eigenvalue weighted by Gasteiger charge is 2.13. The minimum Gasteiger partial charge on any atom is -0.389 e. The van der Waals surface area contributed by atoms with Crippen molar-refractivity contribution in [1.82, 2.24) is 4.57 Å². The summed E-state index contributed by atoms with van der Waals surface area (Å²) in [5, 5.41) is 16.5. The Kier molecular flexibility index (Phi) is 4.39. The molecule has 0 amide bonds. The van der Waals surface area contributed by atoms with Crippen molar-refractivity contribution in [3.8, 4) is 0 Å². The number of benzene rings is 3. The number of aliphatic hydroxyl groups is 1. The lowest BCUT2D eigenvalue weighted by atomic mass is 10.1. The van der Waals surface area contributed by atoms with Crippen molar-refractivity contribution in [2.75, 3.05) is 11.9 Å². The predicted octanol–water partition coefficient (Wildman–Crippen LogP) is 4.88. The van der Waals surface area contributed by atoms with Gasteiger partial charge in [0.15, 0.2) is 0 Å². The zero-order valence-corrected chi connectivity index (χ0v) is 15.2. The van der Waals surface area contributed by atoms with E-state index in [4.69, 9.17) is 0 Å². The number of hydrogen-bond donors (Lipinski definition) is 2. The highest BCUT2D eigenvalue weighted by Crippen LogP contribution is 2.28. The lowest BCUT2D eigenvalue weighted by Crippen LogP contribution is -2.25. The quantitative estimate of drug-likeness (QED) is 0.541. The molecule has 0 aliphatic heterocycles. The summed E-state index contributed by atoms with van der Waals surface area (Å²) in [5.74, 6) is 0. The number of aryl methyl sites for hydroxylation is 2. The minimum atomic E-state index is -0.477. The van der Waals surface area contributed by atoms with Crippen LogP contribution in [-0.4, -0.2) is 22.3 Å². The Morgan fingerprint density at radius 3 is 2.12 bits per heavy atom. The summed E-state index contributed by atoms with van der Waals surface area (Å²) in [6.45, 7) is 5.26. The second kappa shape index (κ2) is 6.85. The summed E-state index contributed by atoms with van der Waals surface area (Å²) in [7, 11) is 0. The molecule has 1 heterocycles. The van der Waals surface area contributed by atoms with Crippen LogP contribution in [-0.2, 0) is 6.54 Å². The van der Waals surface area contributed by atoms with Crippen LogP contribution in [0.2, 0.25) is 0 Å². The molecule has 3 aromatic carbocycles. The number of hydrogen-bond acceptors (Lipinski definition) is 2. The SMILES string of the molecule is Cc1ccc(NC[C@@H](O)Cn2c3ccccc3c3ccccc32)c(C)c1. The highest BCUT2D eigenvalue weighted by molar-refractivity contribution is 6.07. The maximum Gasteiger partial charge on any atom is 0.0891 e. The normalized spacial score (nSPS) is 12.6. The Morgan fingerprint density at radius 2 is 1.50 bits per heavy atom. The van der Waals surface area contributed by atoms with Crippen molar-refractivity contribution in [2.45, 2.75) is 26.5 Å². The van der Waals surface area contributed by atoms with Crippen molar-refractivity contribution in [3.63, 3.8) is 0 Å². The number of anilines is 1. The third-order valence-corrected chi connectivity index (χ3v) is 4.98. The standard InChI is InChI=1S/C23H24N2O/c1-16-11-12-21(17(2)13-16)24-14-18(26)15-25-22-9-5-3-7-19(22)20-8-4-6-10-23(20)25/h3-13,18,24,26H,14-15H2,1-2H3/t18-/m1/s1. The number of nitrogens with one attached hydrogen (secondary N) is 1. The van der Waals surface area contributed by atoms with E-state index in [9.17, 15) is 5.11 Å². The molecule has 26 heavy (non-hydrogen) atoms. The van der Waals surface area contributed by atoms with Gasteiger partial charge >= 0.3 is 0 Å². The fourth-order valence-electron chi connectivity index (χ4n) is 3.72. The highest BCUT2D eigenvalue weighted by atomic mass is 16.3. The second-order valence-electron chi connectivity index (χ2n) is 7.00. The Balaban J connectivity index is 1.58. The Bertz CT molecular complexity index is 1010. The first kappa shape index (κ1) is 16.7. The summed E-state index contributed by atoms with van der Waals surface area (Å²) in [6.07, 6.45) is -0.477. The molecule has 0 bridgehead atoms. The zero-order chi connectivity index (χ0) is 18.1. The molecule has 0 aliphatic carbocycles. The van der Waals surface area contributed by atoms with E-state index < -0.39 is 6.10 Å². The predicted molar refractivity (Wildman–Crippen MR) is 110 cm³/mol. The molecule has 3 heteroatoms. The van der Waals surface area contributed by atoms with Crippen LogP contribution >= 0.6 is 0 Å². The van der Waals surface area contributed by atoms with Gasteiger partial charge in [0.2, 0.25) is 0 Å². The van der Waals surface area contributed by atoms with E-state index in [0.29, 0.717) is 13.1 Å². The molecule has 0 unspecified atom stereocenters. The van der Waals surface area contributed by atoms with Crippen LogP contribution in [0.5, 0.6) is 0 Å². The summed E-state index contributed by atoms with van der Waals surface area (Å²) in [5.41, 5.74) is 5.86. The van der Waals surface area contributed by atoms with Gasteiger partial charge in [-0.15, -0.1) is 0 Å². The molecule has 4 aromatic rings. The molecule has 0 radical (unpaired) electrons. The number of rotatable bonds is 5. The summed E-state index contributed by atoms with van der Waals surface area (Å²) < 4.78 is 2.22. The third kappa shape index (κ3) is 3.06. The average Bonchev–Trinajstić information content (AvgIpc) is 2.95. The van der Waals surface area contributed by atoms with Crippen LogP contribution in [0.15, 0.2) is 66.7 Å². The molecular weight excluding hydrogens is 320 g/mol.